The zero-order chi connectivity index (χ0) is 18.2. The molecule has 0 bridgehead atoms. The molecule has 25 heavy (non-hydrogen) atoms. The van der Waals surface area contributed by atoms with Gasteiger partial charge in [0.2, 0.25) is 5.91 Å². The number of ketones is 1. The Bertz CT molecular complexity index is 955. The Morgan fingerprint density at radius 2 is 1.84 bits per heavy atom. The smallest absolute Gasteiger partial charge is 0.264 e. The molecule has 0 aliphatic carbocycles. The van der Waals surface area contributed by atoms with Gasteiger partial charge in [0.05, 0.1) is 10.6 Å². The molecule has 0 radical (unpaired) electrons. The van der Waals surface area contributed by atoms with Crippen molar-refractivity contribution in [3.63, 3.8) is 0 Å². The van der Waals surface area contributed by atoms with Crippen molar-refractivity contribution in [3.05, 3.63) is 53.1 Å². The highest BCUT2D eigenvalue weighted by Gasteiger charge is 2.32. The van der Waals surface area contributed by atoms with Gasteiger partial charge in [-0.25, -0.2) is 8.42 Å². The summed E-state index contributed by atoms with van der Waals surface area (Å²) in [5, 5.41) is 2.96. The molecule has 6 nitrogen and oxygen atoms in total. The van der Waals surface area contributed by atoms with Crippen molar-refractivity contribution in [1.29, 1.82) is 0 Å². The first-order chi connectivity index (χ1) is 11.8. The molecule has 0 saturated carbocycles. The number of carbonyl (C=O) groups excluding carboxylic acids is 2. The highest BCUT2D eigenvalue weighted by molar-refractivity contribution is 7.92. The standard InChI is InChI=1S/C17H15ClN2O4S/c1-11(21)19-13-3-5-14(6-4-13)25(23,24)20-9-8-17(22)15-10-12(18)2-7-16(15)20/h2-7,10H,8-9H2,1H3,(H,19,21). The summed E-state index contributed by atoms with van der Waals surface area (Å²) in [6, 6.07) is 10.5. The number of rotatable bonds is 3. The van der Waals surface area contributed by atoms with Crippen molar-refractivity contribution in [2.45, 2.75) is 18.2 Å². The molecule has 0 fully saturated rings. The zero-order valence-electron chi connectivity index (χ0n) is 13.3. The van der Waals surface area contributed by atoms with Crippen LogP contribution in [0.25, 0.3) is 0 Å². The molecular formula is C17H15ClN2O4S. The van der Waals surface area contributed by atoms with E-state index in [0.717, 1.165) is 0 Å². The van der Waals surface area contributed by atoms with Crippen molar-refractivity contribution in [2.75, 3.05) is 16.2 Å². The van der Waals surface area contributed by atoms with Crippen molar-refractivity contribution in [3.8, 4) is 0 Å². The van der Waals surface area contributed by atoms with E-state index in [1.165, 1.54) is 47.6 Å². The molecule has 2 aromatic carbocycles. The van der Waals surface area contributed by atoms with Gasteiger partial charge < -0.3 is 5.32 Å². The van der Waals surface area contributed by atoms with Crippen LogP contribution in [0, 0.1) is 0 Å². The first-order valence-electron chi connectivity index (χ1n) is 7.52. The van der Waals surface area contributed by atoms with E-state index < -0.39 is 10.0 Å². The normalized spacial score (nSPS) is 14.2. The Balaban J connectivity index is 2.00. The lowest BCUT2D eigenvalue weighted by Crippen LogP contribution is -2.37. The van der Waals surface area contributed by atoms with Crippen LogP contribution in [0.1, 0.15) is 23.7 Å². The van der Waals surface area contributed by atoms with Gasteiger partial charge >= 0.3 is 0 Å². The predicted molar refractivity (Wildman–Crippen MR) is 95.7 cm³/mol. The highest BCUT2D eigenvalue weighted by Crippen LogP contribution is 2.33. The first-order valence-corrected chi connectivity index (χ1v) is 9.34. The predicted octanol–water partition coefficient (Wildman–Crippen LogP) is 3.08. The van der Waals surface area contributed by atoms with Crippen LogP contribution >= 0.6 is 11.6 Å². The Morgan fingerprint density at radius 1 is 1.16 bits per heavy atom. The third kappa shape index (κ3) is 3.38. The average molecular weight is 379 g/mol. The average Bonchev–Trinajstić information content (AvgIpc) is 2.55. The van der Waals surface area contributed by atoms with Gasteiger partial charge in [0.15, 0.2) is 5.78 Å². The van der Waals surface area contributed by atoms with Crippen LogP contribution < -0.4 is 9.62 Å². The van der Waals surface area contributed by atoms with Gasteiger partial charge in [0, 0.05) is 36.2 Å². The summed E-state index contributed by atoms with van der Waals surface area (Å²) in [7, 11) is -3.83. The maximum absolute atomic E-state index is 13.0. The van der Waals surface area contributed by atoms with Crippen LogP contribution in [0.15, 0.2) is 47.4 Å². The lowest BCUT2D eigenvalue weighted by molar-refractivity contribution is -0.114. The fourth-order valence-electron chi connectivity index (χ4n) is 2.70. The minimum Gasteiger partial charge on any atom is -0.326 e. The second kappa shape index (κ2) is 6.50. The number of hydrogen-bond donors (Lipinski definition) is 1. The molecule has 0 aromatic heterocycles. The molecule has 0 spiro atoms. The molecule has 0 saturated heterocycles. The summed E-state index contributed by atoms with van der Waals surface area (Å²) in [5.41, 5.74) is 1.14. The zero-order valence-corrected chi connectivity index (χ0v) is 14.9. The fourth-order valence-corrected chi connectivity index (χ4v) is 4.35. The first kappa shape index (κ1) is 17.4. The lowest BCUT2D eigenvalue weighted by Gasteiger charge is -2.29. The number of nitrogens with zero attached hydrogens (tertiary/aromatic N) is 1. The molecule has 1 N–H and O–H groups in total. The molecule has 8 heteroatoms. The number of hydrogen-bond acceptors (Lipinski definition) is 4. The molecule has 1 aliphatic heterocycles. The van der Waals surface area contributed by atoms with Gasteiger partial charge in [-0.1, -0.05) is 11.6 Å². The Kier molecular flexibility index (Phi) is 4.53. The molecule has 1 aliphatic rings. The Hall–Kier alpha value is -2.38. The second-order valence-electron chi connectivity index (χ2n) is 5.62. The molecule has 2 aromatic rings. The van der Waals surface area contributed by atoms with Crippen LogP contribution in [0.4, 0.5) is 11.4 Å². The van der Waals surface area contributed by atoms with Crippen LogP contribution in [0.5, 0.6) is 0 Å². The van der Waals surface area contributed by atoms with Gasteiger partial charge in [-0.2, -0.15) is 0 Å². The SMILES string of the molecule is CC(=O)Nc1ccc(S(=O)(=O)N2CCC(=O)c3cc(Cl)ccc32)cc1. The van der Waals surface area contributed by atoms with Crippen molar-refractivity contribution in [1.82, 2.24) is 0 Å². The number of carbonyl (C=O) groups is 2. The molecule has 3 rings (SSSR count). The van der Waals surface area contributed by atoms with E-state index in [1.54, 1.807) is 6.07 Å². The topological polar surface area (TPSA) is 83.6 Å². The van der Waals surface area contributed by atoms with Crippen molar-refractivity contribution >= 4 is 44.7 Å². The quantitative estimate of drug-likeness (QED) is 0.889. The Morgan fingerprint density at radius 3 is 2.48 bits per heavy atom. The molecule has 0 atom stereocenters. The summed E-state index contributed by atoms with van der Waals surface area (Å²) in [5.74, 6) is -0.374. The number of halogens is 1. The van der Waals surface area contributed by atoms with Crippen molar-refractivity contribution in [2.24, 2.45) is 0 Å². The van der Waals surface area contributed by atoms with Crippen LogP contribution in [-0.4, -0.2) is 26.7 Å². The van der Waals surface area contributed by atoms with Gasteiger partial charge in [-0.15, -0.1) is 0 Å². The molecule has 0 unspecified atom stereocenters. The van der Waals surface area contributed by atoms with E-state index in [1.807, 2.05) is 0 Å². The summed E-state index contributed by atoms with van der Waals surface area (Å²) in [6.07, 6.45) is 0.0938. The van der Waals surface area contributed by atoms with E-state index in [2.05, 4.69) is 5.32 Å². The summed E-state index contributed by atoms with van der Waals surface area (Å²) in [4.78, 5) is 23.2. The number of Topliss-reactive ketones (excluding diaryl/α,β-unsaturated/α-hetero) is 1. The largest absolute Gasteiger partial charge is 0.326 e. The molecule has 1 heterocycles. The maximum Gasteiger partial charge on any atom is 0.264 e. The monoisotopic (exact) mass is 378 g/mol. The summed E-state index contributed by atoms with van der Waals surface area (Å²) >= 11 is 5.93. The maximum atomic E-state index is 13.0. The number of fused-ring (bicyclic) bond motifs is 1. The fraction of sp³-hybridized carbons (Fsp3) is 0.176. The third-order valence-corrected chi connectivity index (χ3v) is 5.89. The highest BCUT2D eigenvalue weighted by atomic mass is 35.5. The lowest BCUT2D eigenvalue weighted by atomic mass is 10.0. The molecule has 1 amide bonds. The molecule has 130 valence electrons. The van der Waals surface area contributed by atoms with Crippen LogP contribution in [-0.2, 0) is 14.8 Å². The van der Waals surface area contributed by atoms with Crippen molar-refractivity contribution < 1.29 is 18.0 Å². The number of sulfonamides is 1. The number of nitrogens with one attached hydrogen (secondary N) is 1. The van der Waals surface area contributed by atoms with E-state index in [9.17, 15) is 18.0 Å². The van der Waals surface area contributed by atoms with Crippen LogP contribution in [0.3, 0.4) is 0 Å². The second-order valence-corrected chi connectivity index (χ2v) is 7.92. The summed E-state index contributed by atoms with van der Waals surface area (Å²) in [6.45, 7) is 1.45. The van der Waals surface area contributed by atoms with E-state index in [-0.39, 0.29) is 29.6 Å². The summed E-state index contributed by atoms with van der Waals surface area (Å²) < 4.78 is 27.2. The van der Waals surface area contributed by atoms with Gasteiger partial charge in [0.1, 0.15) is 0 Å². The van der Waals surface area contributed by atoms with Gasteiger partial charge in [0.25, 0.3) is 10.0 Å². The number of amides is 1. The van der Waals surface area contributed by atoms with E-state index >= 15 is 0 Å². The van der Waals surface area contributed by atoms with Gasteiger partial charge in [-0.05, 0) is 42.5 Å². The number of benzene rings is 2. The Labute approximate surface area is 150 Å². The number of anilines is 2. The van der Waals surface area contributed by atoms with E-state index in [4.69, 9.17) is 11.6 Å². The minimum absolute atomic E-state index is 0.0727. The van der Waals surface area contributed by atoms with Crippen LogP contribution in [0.2, 0.25) is 5.02 Å². The van der Waals surface area contributed by atoms with Gasteiger partial charge in [-0.3, -0.25) is 13.9 Å². The van der Waals surface area contributed by atoms with E-state index in [0.29, 0.717) is 22.0 Å². The molecular weight excluding hydrogens is 364 g/mol. The minimum atomic E-state index is -3.83. The third-order valence-electron chi connectivity index (χ3n) is 3.83.